The van der Waals surface area contributed by atoms with Crippen LogP contribution >= 0.6 is 0 Å². The summed E-state index contributed by atoms with van der Waals surface area (Å²) in [6.45, 7) is 5.88. The zero-order chi connectivity index (χ0) is 10.6. The molecule has 0 radical (unpaired) electrons. The van der Waals surface area contributed by atoms with Gasteiger partial charge < -0.3 is 10.0 Å². The molecule has 1 N–H and O–H groups in total. The van der Waals surface area contributed by atoms with Gasteiger partial charge in [0, 0.05) is 18.8 Å². The molecule has 0 bridgehead atoms. The van der Waals surface area contributed by atoms with E-state index in [2.05, 4.69) is 18.7 Å². The summed E-state index contributed by atoms with van der Waals surface area (Å²) in [4.78, 5) is 12.9. The van der Waals surface area contributed by atoms with Gasteiger partial charge in [-0.05, 0) is 32.0 Å². The first-order valence-electron chi connectivity index (χ1n) is 4.77. The first-order chi connectivity index (χ1) is 6.69. The minimum atomic E-state index is -0.876. The monoisotopic (exact) mass is 193 g/mol. The lowest BCUT2D eigenvalue weighted by Crippen LogP contribution is -2.21. The van der Waals surface area contributed by atoms with Gasteiger partial charge in [-0.25, -0.2) is 4.79 Å². The molecule has 0 atom stereocenters. The number of aromatic carboxylic acids is 1. The van der Waals surface area contributed by atoms with Gasteiger partial charge in [-0.3, -0.25) is 0 Å². The fraction of sp³-hybridized carbons (Fsp3) is 0.364. The van der Waals surface area contributed by atoms with E-state index in [1.165, 1.54) is 0 Å². The summed E-state index contributed by atoms with van der Waals surface area (Å²) >= 11 is 0. The summed E-state index contributed by atoms with van der Waals surface area (Å²) < 4.78 is 0. The maximum absolute atomic E-state index is 10.7. The molecule has 0 aliphatic heterocycles. The van der Waals surface area contributed by atoms with E-state index in [1.54, 1.807) is 18.2 Å². The lowest BCUT2D eigenvalue weighted by molar-refractivity contribution is 0.0697. The van der Waals surface area contributed by atoms with Crippen molar-refractivity contribution in [2.45, 2.75) is 13.8 Å². The zero-order valence-electron chi connectivity index (χ0n) is 8.53. The number of carboxylic acids is 1. The van der Waals surface area contributed by atoms with Crippen molar-refractivity contribution < 1.29 is 9.90 Å². The van der Waals surface area contributed by atoms with Crippen molar-refractivity contribution in [2.24, 2.45) is 0 Å². The number of nitrogens with zero attached hydrogens (tertiary/aromatic N) is 1. The molecule has 14 heavy (non-hydrogen) atoms. The molecule has 0 saturated carbocycles. The van der Waals surface area contributed by atoms with Crippen molar-refractivity contribution >= 4 is 11.7 Å². The molecule has 1 rings (SSSR count). The van der Waals surface area contributed by atoms with E-state index in [0.717, 1.165) is 18.8 Å². The Labute approximate surface area is 84.0 Å². The van der Waals surface area contributed by atoms with Crippen LogP contribution < -0.4 is 4.90 Å². The van der Waals surface area contributed by atoms with Crippen molar-refractivity contribution in [3.8, 4) is 0 Å². The molecule has 0 heterocycles. The van der Waals surface area contributed by atoms with Crippen LogP contribution in [0, 0.1) is 0 Å². The van der Waals surface area contributed by atoms with Crippen LogP contribution in [-0.2, 0) is 0 Å². The minimum absolute atomic E-state index is 0.342. The Kier molecular flexibility index (Phi) is 3.51. The summed E-state index contributed by atoms with van der Waals surface area (Å²) in [5.41, 5.74) is 1.31. The van der Waals surface area contributed by atoms with Crippen LogP contribution in [0.4, 0.5) is 5.69 Å². The Morgan fingerprint density at radius 3 is 2.50 bits per heavy atom. The predicted octanol–water partition coefficient (Wildman–Crippen LogP) is 2.23. The lowest BCUT2D eigenvalue weighted by Gasteiger charge is -2.21. The second-order valence-corrected chi connectivity index (χ2v) is 3.03. The summed E-state index contributed by atoms with van der Waals surface area (Å²) in [5.74, 6) is -0.876. The van der Waals surface area contributed by atoms with Crippen LogP contribution in [0.2, 0.25) is 0 Å². The molecule has 0 saturated heterocycles. The molecule has 0 spiro atoms. The van der Waals surface area contributed by atoms with Gasteiger partial charge in [0.1, 0.15) is 0 Å². The molecule has 0 aliphatic rings. The summed E-state index contributed by atoms with van der Waals surface area (Å²) in [6.07, 6.45) is 0. The minimum Gasteiger partial charge on any atom is -0.478 e. The molecule has 76 valence electrons. The van der Waals surface area contributed by atoms with Crippen molar-refractivity contribution in [2.75, 3.05) is 18.0 Å². The third-order valence-corrected chi connectivity index (χ3v) is 2.22. The third-order valence-electron chi connectivity index (χ3n) is 2.22. The quantitative estimate of drug-likeness (QED) is 0.797. The van der Waals surface area contributed by atoms with Gasteiger partial charge in [0.15, 0.2) is 0 Å². The number of carboxylic acid groups (broad SMARTS) is 1. The fourth-order valence-electron chi connectivity index (χ4n) is 1.42. The zero-order valence-corrected chi connectivity index (χ0v) is 8.53. The highest BCUT2D eigenvalue weighted by Crippen LogP contribution is 2.15. The Hall–Kier alpha value is -1.51. The largest absolute Gasteiger partial charge is 0.478 e. The predicted molar refractivity (Wildman–Crippen MR) is 57.0 cm³/mol. The molecule has 1 aromatic rings. The van der Waals surface area contributed by atoms with Gasteiger partial charge in [0.2, 0.25) is 0 Å². The number of benzene rings is 1. The highest BCUT2D eigenvalue weighted by atomic mass is 16.4. The Bertz CT molecular complexity index is 319. The third kappa shape index (κ3) is 2.25. The van der Waals surface area contributed by atoms with Gasteiger partial charge in [-0.15, -0.1) is 0 Å². The second kappa shape index (κ2) is 4.65. The van der Waals surface area contributed by atoms with Crippen LogP contribution in [0.5, 0.6) is 0 Å². The Balaban J connectivity index is 2.98. The van der Waals surface area contributed by atoms with Crippen LogP contribution in [0.15, 0.2) is 24.3 Å². The van der Waals surface area contributed by atoms with Gasteiger partial charge in [0.25, 0.3) is 0 Å². The molecule has 0 fully saturated rings. The molecular formula is C11H15NO2. The number of hydrogen-bond acceptors (Lipinski definition) is 2. The van der Waals surface area contributed by atoms with Crippen LogP contribution in [0.1, 0.15) is 24.2 Å². The normalized spacial score (nSPS) is 9.86. The van der Waals surface area contributed by atoms with Crippen molar-refractivity contribution in [1.82, 2.24) is 0 Å². The van der Waals surface area contributed by atoms with Crippen molar-refractivity contribution in [1.29, 1.82) is 0 Å². The Morgan fingerprint density at radius 2 is 2.00 bits per heavy atom. The number of hydrogen-bond donors (Lipinski definition) is 1. The van der Waals surface area contributed by atoms with Crippen LogP contribution in [0.25, 0.3) is 0 Å². The number of rotatable bonds is 4. The number of anilines is 1. The molecule has 3 nitrogen and oxygen atoms in total. The number of carbonyl (C=O) groups is 1. The highest BCUT2D eigenvalue weighted by molar-refractivity contribution is 5.88. The summed E-state index contributed by atoms with van der Waals surface area (Å²) in [5, 5.41) is 8.82. The van der Waals surface area contributed by atoms with Crippen LogP contribution in [0.3, 0.4) is 0 Å². The molecular weight excluding hydrogens is 178 g/mol. The smallest absolute Gasteiger partial charge is 0.335 e. The maximum Gasteiger partial charge on any atom is 0.335 e. The topological polar surface area (TPSA) is 40.5 Å². The fourth-order valence-corrected chi connectivity index (χ4v) is 1.42. The van der Waals surface area contributed by atoms with E-state index in [4.69, 9.17) is 5.11 Å². The molecule has 0 aliphatic carbocycles. The highest BCUT2D eigenvalue weighted by Gasteiger charge is 2.06. The van der Waals surface area contributed by atoms with Gasteiger partial charge in [0.05, 0.1) is 5.56 Å². The lowest BCUT2D eigenvalue weighted by atomic mass is 10.2. The summed E-state index contributed by atoms with van der Waals surface area (Å²) in [7, 11) is 0. The Morgan fingerprint density at radius 1 is 1.36 bits per heavy atom. The van der Waals surface area contributed by atoms with Crippen LogP contribution in [-0.4, -0.2) is 24.2 Å². The van der Waals surface area contributed by atoms with Gasteiger partial charge >= 0.3 is 5.97 Å². The van der Waals surface area contributed by atoms with E-state index in [0.29, 0.717) is 5.56 Å². The van der Waals surface area contributed by atoms with E-state index in [1.807, 2.05) is 6.07 Å². The van der Waals surface area contributed by atoms with E-state index in [-0.39, 0.29) is 0 Å². The average molecular weight is 193 g/mol. The molecule has 3 heteroatoms. The SMILES string of the molecule is CCN(CC)c1cccc(C(=O)O)c1. The molecule has 0 amide bonds. The maximum atomic E-state index is 10.7. The molecule has 1 aromatic carbocycles. The van der Waals surface area contributed by atoms with E-state index < -0.39 is 5.97 Å². The summed E-state index contributed by atoms with van der Waals surface area (Å²) in [6, 6.07) is 7.02. The second-order valence-electron chi connectivity index (χ2n) is 3.03. The standard InChI is InChI=1S/C11H15NO2/c1-3-12(4-2)10-7-5-6-9(8-10)11(13)14/h5-8H,3-4H2,1-2H3,(H,13,14). The first-order valence-corrected chi connectivity index (χ1v) is 4.77. The van der Waals surface area contributed by atoms with Crippen molar-refractivity contribution in [3.63, 3.8) is 0 Å². The van der Waals surface area contributed by atoms with Crippen molar-refractivity contribution in [3.05, 3.63) is 29.8 Å². The van der Waals surface area contributed by atoms with E-state index >= 15 is 0 Å². The molecule has 0 aromatic heterocycles. The van der Waals surface area contributed by atoms with E-state index in [9.17, 15) is 4.79 Å². The average Bonchev–Trinajstić information content (AvgIpc) is 2.20. The van der Waals surface area contributed by atoms with Gasteiger partial charge in [-0.1, -0.05) is 6.07 Å². The van der Waals surface area contributed by atoms with Gasteiger partial charge in [-0.2, -0.15) is 0 Å². The molecule has 0 unspecified atom stereocenters. The first kappa shape index (κ1) is 10.6.